The number of benzene rings is 1. The zero-order valence-corrected chi connectivity index (χ0v) is 10.5. The van der Waals surface area contributed by atoms with Crippen LogP contribution in [0.25, 0.3) is 0 Å². The maximum Gasteiger partial charge on any atom is 0.276 e. The van der Waals surface area contributed by atoms with Gasteiger partial charge in [-0.25, -0.2) is 5.43 Å². The first kappa shape index (κ1) is 12.8. The predicted molar refractivity (Wildman–Crippen MR) is 70.1 cm³/mol. The number of aliphatic hydroxyl groups is 1. The molecule has 0 spiro atoms. The van der Waals surface area contributed by atoms with Crippen molar-refractivity contribution in [1.29, 1.82) is 0 Å². The molecule has 1 atom stereocenters. The molecule has 0 aromatic heterocycles. The van der Waals surface area contributed by atoms with Gasteiger partial charge in [0.2, 0.25) is 0 Å². The van der Waals surface area contributed by atoms with E-state index in [1.807, 2.05) is 6.07 Å². The number of carbonyl (C=O) groups is 1. The molecule has 1 saturated carbocycles. The molecule has 0 aliphatic heterocycles. The highest BCUT2D eigenvalue weighted by atomic mass is 16.3. The Morgan fingerprint density at radius 1 is 1.28 bits per heavy atom. The van der Waals surface area contributed by atoms with Gasteiger partial charge in [-0.15, -0.1) is 0 Å². The third kappa shape index (κ3) is 2.76. The summed E-state index contributed by atoms with van der Waals surface area (Å²) in [5.74, 6) is -0.492. The first-order valence-electron chi connectivity index (χ1n) is 6.24. The molecule has 2 rings (SSSR count). The van der Waals surface area contributed by atoms with E-state index < -0.39 is 11.5 Å². The number of hydrogen-bond acceptors (Lipinski definition) is 3. The summed E-state index contributed by atoms with van der Waals surface area (Å²) in [6.45, 7) is 1.48. The molecule has 0 saturated heterocycles. The van der Waals surface area contributed by atoms with Crippen molar-refractivity contribution in [2.45, 2.75) is 38.2 Å². The number of nitrogens with zero attached hydrogens (tertiary/aromatic N) is 1. The molecular formula is C14H18N2O2. The molecule has 1 fully saturated rings. The van der Waals surface area contributed by atoms with Gasteiger partial charge in [-0.3, -0.25) is 4.79 Å². The molecule has 0 bridgehead atoms. The summed E-state index contributed by atoms with van der Waals surface area (Å²) >= 11 is 0. The van der Waals surface area contributed by atoms with Crippen molar-refractivity contribution in [3.63, 3.8) is 0 Å². The Labute approximate surface area is 107 Å². The summed E-state index contributed by atoms with van der Waals surface area (Å²) < 4.78 is 0. The third-order valence-corrected chi connectivity index (χ3v) is 3.27. The molecule has 0 heterocycles. The topological polar surface area (TPSA) is 61.7 Å². The maximum absolute atomic E-state index is 12.0. The van der Waals surface area contributed by atoms with E-state index in [1.54, 1.807) is 24.3 Å². The summed E-state index contributed by atoms with van der Waals surface area (Å²) in [6.07, 6.45) is 4.13. The van der Waals surface area contributed by atoms with Crippen LogP contribution in [0.1, 0.15) is 38.2 Å². The van der Waals surface area contributed by atoms with Crippen molar-refractivity contribution >= 4 is 11.6 Å². The van der Waals surface area contributed by atoms with Crippen LogP contribution in [0.3, 0.4) is 0 Å². The lowest BCUT2D eigenvalue weighted by Gasteiger charge is -2.21. The molecule has 1 aromatic carbocycles. The van der Waals surface area contributed by atoms with Crippen molar-refractivity contribution < 1.29 is 9.90 Å². The van der Waals surface area contributed by atoms with Crippen LogP contribution in [0.2, 0.25) is 0 Å². The van der Waals surface area contributed by atoms with Gasteiger partial charge in [-0.2, -0.15) is 5.10 Å². The van der Waals surface area contributed by atoms with Gasteiger partial charge in [0.15, 0.2) is 5.60 Å². The summed E-state index contributed by atoms with van der Waals surface area (Å²) in [4.78, 5) is 12.0. The van der Waals surface area contributed by atoms with Gasteiger partial charge in [-0.05, 0) is 38.2 Å². The van der Waals surface area contributed by atoms with Crippen molar-refractivity contribution in [3.05, 3.63) is 35.9 Å². The zero-order chi connectivity index (χ0) is 13.0. The number of nitrogens with one attached hydrogen (secondary N) is 1. The van der Waals surface area contributed by atoms with E-state index in [1.165, 1.54) is 6.92 Å². The Hall–Kier alpha value is -1.68. The molecule has 18 heavy (non-hydrogen) atoms. The molecule has 4 heteroatoms. The first-order chi connectivity index (χ1) is 8.60. The average Bonchev–Trinajstić information content (AvgIpc) is 2.90. The van der Waals surface area contributed by atoms with Crippen molar-refractivity contribution in [2.24, 2.45) is 5.10 Å². The number of hydrogen-bond donors (Lipinski definition) is 2. The highest BCUT2D eigenvalue weighted by Gasteiger charge is 2.32. The molecule has 96 valence electrons. The van der Waals surface area contributed by atoms with E-state index in [2.05, 4.69) is 10.5 Å². The van der Waals surface area contributed by atoms with Gasteiger partial charge in [0.25, 0.3) is 5.91 Å². The second-order valence-corrected chi connectivity index (χ2v) is 4.76. The van der Waals surface area contributed by atoms with Crippen LogP contribution < -0.4 is 5.43 Å². The fourth-order valence-electron chi connectivity index (χ4n) is 2.03. The number of rotatable bonds is 3. The van der Waals surface area contributed by atoms with Crippen molar-refractivity contribution in [2.75, 3.05) is 0 Å². The molecule has 0 radical (unpaired) electrons. The van der Waals surface area contributed by atoms with Crippen LogP contribution in [0, 0.1) is 0 Å². The first-order valence-corrected chi connectivity index (χ1v) is 6.24. The normalized spacial score (nSPS) is 18.2. The van der Waals surface area contributed by atoms with E-state index in [4.69, 9.17) is 0 Å². The maximum atomic E-state index is 12.0. The Balaban J connectivity index is 2.05. The van der Waals surface area contributed by atoms with Gasteiger partial charge in [0, 0.05) is 5.71 Å². The average molecular weight is 246 g/mol. The summed E-state index contributed by atoms with van der Waals surface area (Å²) in [7, 11) is 0. The third-order valence-electron chi connectivity index (χ3n) is 3.27. The van der Waals surface area contributed by atoms with E-state index in [-0.39, 0.29) is 0 Å². The second kappa shape index (κ2) is 5.31. The Kier molecular flexibility index (Phi) is 3.77. The van der Waals surface area contributed by atoms with E-state index in [0.717, 1.165) is 31.4 Å². The van der Waals surface area contributed by atoms with Gasteiger partial charge >= 0.3 is 0 Å². The molecule has 0 unspecified atom stereocenters. The van der Waals surface area contributed by atoms with Crippen LogP contribution in [-0.2, 0) is 10.4 Å². The number of hydrazone groups is 1. The lowest BCUT2D eigenvalue weighted by molar-refractivity contribution is -0.139. The number of carbonyl (C=O) groups excluding carboxylic acids is 1. The quantitative estimate of drug-likeness (QED) is 0.801. The second-order valence-electron chi connectivity index (χ2n) is 4.76. The summed E-state index contributed by atoms with van der Waals surface area (Å²) in [6, 6.07) is 8.88. The number of amides is 1. The van der Waals surface area contributed by atoms with Crippen LogP contribution in [0.4, 0.5) is 0 Å². The van der Waals surface area contributed by atoms with Crippen LogP contribution in [0.15, 0.2) is 35.4 Å². The molecule has 2 N–H and O–H groups in total. The summed E-state index contributed by atoms with van der Waals surface area (Å²) in [5, 5.41) is 14.3. The van der Waals surface area contributed by atoms with Crippen LogP contribution in [-0.4, -0.2) is 16.7 Å². The minimum Gasteiger partial charge on any atom is -0.375 e. The molecular weight excluding hydrogens is 228 g/mol. The van der Waals surface area contributed by atoms with Gasteiger partial charge in [0.1, 0.15) is 0 Å². The Morgan fingerprint density at radius 2 is 1.89 bits per heavy atom. The summed E-state index contributed by atoms with van der Waals surface area (Å²) in [5.41, 5.74) is 2.48. The predicted octanol–water partition coefficient (Wildman–Crippen LogP) is 1.94. The zero-order valence-electron chi connectivity index (χ0n) is 10.5. The van der Waals surface area contributed by atoms with Crippen molar-refractivity contribution in [3.8, 4) is 0 Å². The highest BCUT2D eigenvalue weighted by Crippen LogP contribution is 2.20. The Morgan fingerprint density at radius 3 is 2.50 bits per heavy atom. The largest absolute Gasteiger partial charge is 0.375 e. The van der Waals surface area contributed by atoms with Crippen LogP contribution in [0.5, 0.6) is 0 Å². The molecule has 1 aliphatic carbocycles. The Bertz CT molecular complexity index is 444. The standard InChI is InChI=1S/C14H18N2O2/c1-14(18,11-7-3-2-4-8-11)13(17)16-15-12-9-5-6-10-12/h2-4,7-8,18H,5-6,9-10H2,1H3,(H,16,17)/t14-/m0/s1. The SMILES string of the molecule is C[C@@](O)(C(=O)NN=C1CCCC1)c1ccccc1. The smallest absolute Gasteiger partial charge is 0.276 e. The fraction of sp³-hybridized carbons (Fsp3) is 0.429. The molecule has 1 aliphatic rings. The minimum atomic E-state index is -1.55. The van der Waals surface area contributed by atoms with Crippen molar-refractivity contribution in [1.82, 2.24) is 5.43 Å². The molecule has 4 nitrogen and oxygen atoms in total. The molecule has 1 amide bonds. The van der Waals surface area contributed by atoms with Crippen LogP contribution >= 0.6 is 0 Å². The van der Waals surface area contributed by atoms with E-state index >= 15 is 0 Å². The van der Waals surface area contributed by atoms with E-state index in [9.17, 15) is 9.90 Å². The van der Waals surface area contributed by atoms with E-state index in [0.29, 0.717) is 5.56 Å². The van der Waals surface area contributed by atoms with Gasteiger partial charge < -0.3 is 5.11 Å². The lowest BCUT2D eigenvalue weighted by atomic mass is 9.95. The fourth-order valence-corrected chi connectivity index (χ4v) is 2.03. The van der Waals surface area contributed by atoms with Gasteiger partial charge in [0.05, 0.1) is 0 Å². The minimum absolute atomic E-state index is 0.492. The molecule has 1 aromatic rings. The lowest BCUT2D eigenvalue weighted by Crippen LogP contribution is -2.40. The van der Waals surface area contributed by atoms with Gasteiger partial charge in [-0.1, -0.05) is 30.3 Å². The highest BCUT2D eigenvalue weighted by molar-refractivity contribution is 5.90. The monoisotopic (exact) mass is 246 g/mol.